The van der Waals surface area contributed by atoms with E-state index in [0.29, 0.717) is 21.6 Å². The second-order valence-electron chi connectivity index (χ2n) is 6.61. The first-order valence-electron chi connectivity index (χ1n) is 9.11. The number of carbonyl (C=O) groups excluding carboxylic acids is 1. The molecule has 144 valence electrons. The number of ketones is 1. The van der Waals surface area contributed by atoms with Gasteiger partial charge in [0.2, 0.25) is 5.78 Å². The minimum atomic E-state index is -0.753. The lowest BCUT2D eigenvalue weighted by atomic mass is 10.0. The Bertz CT molecular complexity index is 1230. The molecule has 5 heteroatoms. The van der Waals surface area contributed by atoms with Crippen LogP contribution in [0, 0.1) is 0 Å². The predicted octanol–water partition coefficient (Wildman–Crippen LogP) is 5.76. The van der Waals surface area contributed by atoms with E-state index in [1.807, 2.05) is 36.4 Å². The summed E-state index contributed by atoms with van der Waals surface area (Å²) < 4.78 is 11.2. The Hall–Kier alpha value is -3.37. The molecule has 0 fully saturated rings. The van der Waals surface area contributed by atoms with Gasteiger partial charge in [0.25, 0.3) is 0 Å². The number of rotatable bonds is 5. The molecule has 29 heavy (non-hydrogen) atoms. The highest BCUT2D eigenvalue weighted by Crippen LogP contribution is 2.35. The van der Waals surface area contributed by atoms with Crippen molar-refractivity contribution in [2.45, 2.75) is 13.0 Å². The van der Waals surface area contributed by atoms with Gasteiger partial charge in [0.15, 0.2) is 6.10 Å². The first-order valence-corrected chi connectivity index (χ1v) is 9.49. The van der Waals surface area contributed by atoms with Gasteiger partial charge in [0.1, 0.15) is 11.3 Å². The van der Waals surface area contributed by atoms with E-state index >= 15 is 0 Å². The fourth-order valence-electron chi connectivity index (χ4n) is 3.19. The molecule has 0 aliphatic rings. The van der Waals surface area contributed by atoms with E-state index in [1.54, 1.807) is 43.3 Å². The minimum absolute atomic E-state index is 0.166. The van der Waals surface area contributed by atoms with Crippen LogP contribution in [0.1, 0.15) is 17.3 Å². The highest BCUT2D eigenvalue weighted by atomic mass is 35.5. The van der Waals surface area contributed by atoms with Crippen LogP contribution in [-0.2, 0) is 0 Å². The van der Waals surface area contributed by atoms with Gasteiger partial charge in [-0.3, -0.25) is 4.79 Å². The Labute approximate surface area is 172 Å². The largest absolute Gasteiger partial charge is 0.481 e. The third kappa shape index (κ3) is 3.93. The fourth-order valence-corrected chi connectivity index (χ4v) is 3.40. The zero-order valence-electron chi connectivity index (χ0n) is 15.6. The van der Waals surface area contributed by atoms with Crippen LogP contribution in [-0.4, -0.2) is 11.9 Å². The van der Waals surface area contributed by atoms with Gasteiger partial charge in [0.05, 0.1) is 5.02 Å². The van der Waals surface area contributed by atoms with Crippen LogP contribution in [0.25, 0.3) is 22.1 Å². The van der Waals surface area contributed by atoms with Gasteiger partial charge in [-0.2, -0.15) is 0 Å². The maximum Gasteiger partial charge on any atom is 0.336 e. The molecule has 4 nitrogen and oxygen atoms in total. The molecule has 0 unspecified atom stereocenters. The molecule has 0 aliphatic carbocycles. The van der Waals surface area contributed by atoms with E-state index in [4.69, 9.17) is 20.8 Å². The third-order valence-corrected chi connectivity index (χ3v) is 4.91. The molecular formula is C24H17ClO4. The van der Waals surface area contributed by atoms with Crippen molar-refractivity contribution in [2.75, 3.05) is 0 Å². The average molecular weight is 405 g/mol. The minimum Gasteiger partial charge on any atom is -0.481 e. The Kier molecular flexibility index (Phi) is 5.19. The topological polar surface area (TPSA) is 56.5 Å². The van der Waals surface area contributed by atoms with Crippen LogP contribution in [0.15, 0.2) is 88.1 Å². The molecule has 1 aromatic heterocycles. The van der Waals surface area contributed by atoms with Gasteiger partial charge in [-0.05, 0) is 24.1 Å². The summed E-state index contributed by atoms with van der Waals surface area (Å²) in [7, 11) is 0. The van der Waals surface area contributed by atoms with Gasteiger partial charge in [-0.25, -0.2) is 4.79 Å². The van der Waals surface area contributed by atoms with Crippen LogP contribution in [0.3, 0.4) is 0 Å². The van der Waals surface area contributed by atoms with Crippen LogP contribution < -0.4 is 10.4 Å². The number of ether oxygens (including phenoxy) is 1. The Morgan fingerprint density at radius 3 is 2.31 bits per heavy atom. The number of benzene rings is 3. The smallest absolute Gasteiger partial charge is 0.336 e. The van der Waals surface area contributed by atoms with E-state index < -0.39 is 11.7 Å². The molecule has 0 spiro atoms. The van der Waals surface area contributed by atoms with E-state index in [9.17, 15) is 9.59 Å². The van der Waals surface area contributed by atoms with Crippen molar-refractivity contribution < 1.29 is 13.9 Å². The maximum atomic E-state index is 12.6. The van der Waals surface area contributed by atoms with Crippen molar-refractivity contribution in [3.8, 4) is 16.9 Å². The average Bonchev–Trinajstić information content (AvgIpc) is 2.75. The van der Waals surface area contributed by atoms with Crippen LogP contribution >= 0.6 is 11.6 Å². The summed E-state index contributed by atoms with van der Waals surface area (Å²) in [5.74, 6) is 0.116. The highest BCUT2D eigenvalue weighted by Gasteiger charge is 2.19. The predicted molar refractivity (Wildman–Crippen MR) is 114 cm³/mol. The first kappa shape index (κ1) is 19.0. The third-order valence-electron chi connectivity index (χ3n) is 4.61. The zero-order chi connectivity index (χ0) is 20.4. The zero-order valence-corrected chi connectivity index (χ0v) is 16.3. The molecule has 0 saturated heterocycles. The molecule has 4 aromatic rings. The van der Waals surface area contributed by atoms with Gasteiger partial charge in [0, 0.05) is 23.1 Å². The van der Waals surface area contributed by atoms with E-state index in [0.717, 1.165) is 11.1 Å². The molecular weight excluding hydrogens is 388 g/mol. The molecule has 0 saturated carbocycles. The van der Waals surface area contributed by atoms with Crippen molar-refractivity contribution in [3.05, 3.63) is 99.9 Å². The van der Waals surface area contributed by atoms with Crippen LogP contribution in [0.5, 0.6) is 5.75 Å². The number of hydrogen-bond acceptors (Lipinski definition) is 4. The van der Waals surface area contributed by atoms with Gasteiger partial charge in [-0.15, -0.1) is 0 Å². The van der Waals surface area contributed by atoms with E-state index in [2.05, 4.69) is 0 Å². The summed E-state index contributed by atoms with van der Waals surface area (Å²) in [6.45, 7) is 1.66. The number of halogens is 1. The summed E-state index contributed by atoms with van der Waals surface area (Å²) in [6.07, 6.45) is -0.753. The molecule has 3 aromatic carbocycles. The number of carbonyl (C=O) groups is 1. The summed E-state index contributed by atoms with van der Waals surface area (Å²) in [6, 6.07) is 23.1. The summed E-state index contributed by atoms with van der Waals surface area (Å²) >= 11 is 6.44. The molecule has 1 atom stereocenters. The van der Waals surface area contributed by atoms with Crippen molar-refractivity contribution in [1.29, 1.82) is 0 Å². The number of Topliss-reactive ketones (excluding diaryl/α,β-unsaturated/α-hetero) is 1. The highest BCUT2D eigenvalue weighted by molar-refractivity contribution is 6.33. The molecule has 0 bridgehead atoms. The van der Waals surface area contributed by atoms with Gasteiger partial charge < -0.3 is 9.15 Å². The Morgan fingerprint density at radius 1 is 0.966 bits per heavy atom. The monoisotopic (exact) mass is 404 g/mol. The lowest BCUT2D eigenvalue weighted by molar-refractivity contribution is 0.0818. The molecule has 0 amide bonds. The molecule has 0 N–H and O–H groups in total. The maximum absolute atomic E-state index is 12.6. The molecule has 0 aliphatic heterocycles. The lowest BCUT2D eigenvalue weighted by Crippen LogP contribution is -2.24. The van der Waals surface area contributed by atoms with Crippen molar-refractivity contribution in [2.24, 2.45) is 0 Å². The summed E-state index contributed by atoms with van der Waals surface area (Å²) in [5.41, 5.74) is 2.02. The second kappa shape index (κ2) is 7.94. The lowest BCUT2D eigenvalue weighted by Gasteiger charge is -2.16. The first-order chi connectivity index (χ1) is 14.0. The normalized spacial score (nSPS) is 11.9. The number of fused-ring (bicyclic) bond motifs is 1. The van der Waals surface area contributed by atoms with Crippen LogP contribution in [0.4, 0.5) is 0 Å². The summed E-state index contributed by atoms with van der Waals surface area (Å²) in [5, 5.41) is 1.02. The fraction of sp³-hybridized carbons (Fsp3) is 0.0833. The van der Waals surface area contributed by atoms with Crippen molar-refractivity contribution >= 4 is 28.4 Å². The van der Waals surface area contributed by atoms with Crippen molar-refractivity contribution in [1.82, 2.24) is 0 Å². The molecule has 4 rings (SSSR count). The standard InChI is InChI=1S/C24H17ClO4/c1-15(24(27)17-10-6-3-7-11-17)28-22-14-21-19(12-20(22)25)18(13-23(26)29-21)16-8-4-2-5-9-16/h2-15H,1H3/t15-/m1/s1. The second-order valence-corrected chi connectivity index (χ2v) is 7.02. The van der Waals surface area contributed by atoms with E-state index in [-0.39, 0.29) is 11.5 Å². The SMILES string of the molecule is C[C@@H](Oc1cc2oc(=O)cc(-c3ccccc3)c2cc1Cl)C(=O)c1ccccc1. The Morgan fingerprint density at radius 2 is 1.62 bits per heavy atom. The van der Waals surface area contributed by atoms with Gasteiger partial charge in [-0.1, -0.05) is 72.3 Å². The number of hydrogen-bond donors (Lipinski definition) is 0. The van der Waals surface area contributed by atoms with E-state index in [1.165, 1.54) is 6.07 Å². The molecule has 0 radical (unpaired) electrons. The molecule has 1 heterocycles. The Balaban J connectivity index is 1.73. The van der Waals surface area contributed by atoms with Gasteiger partial charge >= 0.3 is 5.63 Å². The van der Waals surface area contributed by atoms with Crippen LogP contribution in [0.2, 0.25) is 5.02 Å². The quantitative estimate of drug-likeness (QED) is 0.313. The summed E-state index contributed by atoms with van der Waals surface area (Å²) in [4.78, 5) is 24.7. The van der Waals surface area contributed by atoms with Crippen molar-refractivity contribution in [3.63, 3.8) is 0 Å².